The summed E-state index contributed by atoms with van der Waals surface area (Å²) >= 11 is 0. The largest absolute Gasteiger partial charge is 0.491 e. The van der Waals surface area contributed by atoms with Gasteiger partial charge < -0.3 is 19.5 Å². The first-order chi connectivity index (χ1) is 8.74. The molecule has 0 saturated carbocycles. The van der Waals surface area contributed by atoms with Gasteiger partial charge in [-0.25, -0.2) is 0 Å². The van der Waals surface area contributed by atoms with E-state index in [9.17, 15) is 0 Å². The number of methoxy groups -OCH3 is 1. The predicted molar refractivity (Wildman–Crippen MR) is 70.3 cm³/mol. The third-order valence-corrected chi connectivity index (χ3v) is 3.10. The zero-order valence-corrected chi connectivity index (χ0v) is 11.2. The standard InChI is InChI=1S/C14H21NO3/c1-4-15-13-9-18-14-7-11(5-6-12(13)14)17-8-10(2)16-3/h5-7,10,13,15H,4,8-9H2,1-3H3. The van der Waals surface area contributed by atoms with Gasteiger partial charge in [0.2, 0.25) is 0 Å². The van der Waals surface area contributed by atoms with Crippen molar-refractivity contribution in [1.29, 1.82) is 0 Å². The molecule has 1 heterocycles. The van der Waals surface area contributed by atoms with Crippen LogP contribution < -0.4 is 14.8 Å². The maximum atomic E-state index is 5.66. The summed E-state index contributed by atoms with van der Waals surface area (Å²) in [4.78, 5) is 0. The van der Waals surface area contributed by atoms with Gasteiger partial charge in [0, 0.05) is 18.7 Å². The molecule has 4 heteroatoms. The minimum atomic E-state index is 0.0914. The van der Waals surface area contributed by atoms with E-state index in [1.807, 2.05) is 19.1 Å². The zero-order valence-electron chi connectivity index (χ0n) is 11.2. The lowest BCUT2D eigenvalue weighted by Gasteiger charge is -2.12. The first-order valence-electron chi connectivity index (χ1n) is 6.40. The highest BCUT2D eigenvalue weighted by Gasteiger charge is 2.23. The quantitative estimate of drug-likeness (QED) is 0.841. The van der Waals surface area contributed by atoms with Crippen LogP contribution in [-0.2, 0) is 4.74 Å². The lowest BCUT2D eigenvalue weighted by Crippen LogP contribution is -2.21. The van der Waals surface area contributed by atoms with E-state index in [4.69, 9.17) is 14.2 Å². The minimum Gasteiger partial charge on any atom is -0.491 e. The van der Waals surface area contributed by atoms with Crippen molar-refractivity contribution in [1.82, 2.24) is 5.32 Å². The maximum Gasteiger partial charge on any atom is 0.127 e. The van der Waals surface area contributed by atoms with Crippen LogP contribution in [-0.4, -0.2) is 33.0 Å². The molecule has 1 aromatic rings. The van der Waals surface area contributed by atoms with E-state index in [1.165, 1.54) is 5.56 Å². The molecule has 0 amide bonds. The summed E-state index contributed by atoms with van der Waals surface area (Å²) in [6.07, 6.45) is 0.0914. The van der Waals surface area contributed by atoms with E-state index in [0.717, 1.165) is 18.0 Å². The van der Waals surface area contributed by atoms with Crippen molar-refractivity contribution in [2.45, 2.75) is 26.0 Å². The average Bonchev–Trinajstić information content (AvgIpc) is 2.79. The Kier molecular flexibility index (Phi) is 4.44. The molecule has 0 radical (unpaired) electrons. The van der Waals surface area contributed by atoms with Gasteiger partial charge in [-0.1, -0.05) is 6.92 Å². The van der Waals surface area contributed by atoms with Gasteiger partial charge >= 0.3 is 0 Å². The minimum absolute atomic E-state index is 0.0914. The molecule has 0 aliphatic carbocycles. The summed E-state index contributed by atoms with van der Waals surface area (Å²) in [5.41, 5.74) is 1.21. The van der Waals surface area contributed by atoms with E-state index < -0.39 is 0 Å². The second-order valence-electron chi connectivity index (χ2n) is 4.48. The molecule has 1 aliphatic heterocycles. The van der Waals surface area contributed by atoms with Crippen LogP contribution in [0, 0.1) is 0 Å². The molecule has 1 aliphatic rings. The predicted octanol–water partition coefficient (Wildman–Crippen LogP) is 2.14. The van der Waals surface area contributed by atoms with Crippen molar-refractivity contribution in [3.8, 4) is 11.5 Å². The number of ether oxygens (including phenoxy) is 3. The van der Waals surface area contributed by atoms with Crippen LogP contribution in [0.4, 0.5) is 0 Å². The maximum absolute atomic E-state index is 5.66. The number of hydrogen-bond donors (Lipinski definition) is 1. The number of nitrogens with one attached hydrogen (secondary N) is 1. The van der Waals surface area contributed by atoms with Gasteiger partial charge in [-0.15, -0.1) is 0 Å². The number of rotatable bonds is 6. The molecular weight excluding hydrogens is 230 g/mol. The monoisotopic (exact) mass is 251 g/mol. The van der Waals surface area contributed by atoms with E-state index in [-0.39, 0.29) is 6.10 Å². The van der Waals surface area contributed by atoms with Crippen LogP contribution in [0.2, 0.25) is 0 Å². The molecule has 2 rings (SSSR count). The SMILES string of the molecule is CCNC1COc2cc(OCC(C)OC)ccc21. The summed E-state index contributed by atoms with van der Waals surface area (Å²) in [7, 11) is 1.68. The smallest absolute Gasteiger partial charge is 0.127 e. The van der Waals surface area contributed by atoms with Crippen LogP contribution >= 0.6 is 0 Å². The topological polar surface area (TPSA) is 39.7 Å². The second-order valence-corrected chi connectivity index (χ2v) is 4.48. The van der Waals surface area contributed by atoms with Gasteiger partial charge in [0.15, 0.2) is 0 Å². The van der Waals surface area contributed by atoms with E-state index >= 15 is 0 Å². The summed E-state index contributed by atoms with van der Waals surface area (Å²) in [6, 6.07) is 6.31. The van der Waals surface area contributed by atoms with Gasteiger partial charge in [-0.2, -0.15) is 0 Å². The van der Waals surface area contributed by atoms with Gasteiger partial charge in [0.25, 0.3) is 0 Å². The normalized spacial score (nSPS) is 19.2. The first kappa shape index (κ1) is 13.2. The van der Waals surface area contributed by atoms with Crippen molar-refractivity contribution < 1.29 is 14.2 Å². The highest BCUT2D eigenvalue weighted by molar-refractivity contribution is 5.45. The molecule has 0 aromatic heterocycles. The Bertz CT molecular complexity index is 395. The van der Waals surface area contributed by atoms with Crippen LogP contribution in [0.5, 0.6) is 11.5 Å². The fourth-order valence-corrected chi connectivity index (χ4v) is 1.98. The molecule has 0 saturated heterocycles. The summed E-state index contributed by atoms with van der Waals surface area (Å²) in [5, 5.41) is 3.39. The molecule has 2 unspecified atom stereocenters. The molecule has 1 aromatic carbocycles. The highest BCUT2D eigenvalue weighted by atomic mass is 16.5. The molecule has 2 atom stereocenters. The zero-order chi connectivity index (χ0) is 13.0. The van der Waals surface area contributed by atoms with Gasteiger partial charge in [-0.05, 0) is 25.6 Å². The summed E-state index contributed by atoms with van der Waals surface area (Å²) < 4.78 is 16.5. The Morgan fingerprint density at radius 1 is 1.50 bits per heavy atom. The van der Waals surface area contributed by atoms with E-state index in [2.05, 4.69) is 18.3 Å². The van der Waals surface area contributed by atoms with Gasteiger partial charge in [0.05, 0.1) is 12.1 Å². The Labute approximate surface area is 108 Å². The van der Waals surface area contributed by atoms with Crippen molar-refractivity contribution in [3.63, 3.8) is 0 Å². The molecule has 0 fully saturated rings. The molecule has 0 bridgehead atoms. The Morgan fingerprint density at radius 2 is 2.33 bits per heavy atom. The summed E-state index contributed by atoms with van der Waals surface area (Å²) in [5.74, 6) is 1.75. The van der Waals surface area contributed by atoms with Crippen LogP contribution in [0.3, 0.4) is 0 Å². The third-order valence-electron chi connectivity index (χ3n) is 3.10. The third kappa shape index (κ3) is 2.94. The van der Waals surface area contributed by atoms with Crippen LogP contribution in [0.25, 0.3) is 0 Å². The lowest BCUT2D eigenvalue weighted by atomic mass is 10.1. The molecular formula is C14H21NO3. The fourth-order valence-electron chi connectivity index (χ4n) is 1.98. The molecule has 1 N–H and O–H groups in total. The van der Waals surface area contributed by atoms with Gasteiger partial charge in [-0.3, -0.25) is 0 Å². The van der Waals surface area contributed by atoms with Crippen molar-refractivity contribution in [2.24, 2.45) is 0 Å². The van der Waals surface area contributed by atoms with Crippen molar-refractivity contribution in [3.05, 3.63) is 23.8 Å². The summed E-state index contributed by atoms with van der Waals surface area (Å²) in [6.45, 7) is 6.26. The number of fused-ring (bicyclic) bond motifs is 1. The Balaban J connectivity index is 2.00. The number of benzene rings is 1. The molecule has 0 spiro atoms. The molecule has 4 nitrogen and oxygen atoms in total. The average molecular weight is 251 g/mol. The number of likely N-dealkylation sites (N-methyl/N-ethyl adjacent to an activating group) is 1. The Hall–Kier alpha value is -1.26. The lowest BCUT2D eigenvalue weighted by molar-refractivity contribution is 0.0716. The highest BCUT2D eigenvalue weighted by Crippen LogP contribution is 2.35. The fraction of sp³-hybridized carbons (Fsp3) is 0.571. The van der Waals surface area contributed by atoms with Crippen LogP contribution in [0.15, 0.2) is 18.2 Å². The second kappa shape index (κ2) is 6.07. The van der Waals surface area contributed by atoms with Crippen molar-refractivity contribution in [2.75, 3.05) is 26.9 Å². The van der Waals surface area contributed by atoms with E-state index in [0.29, 0.717) is 19.3 Å². The number of hydrogen-bond acceptors (Lipinski definition) is 4. The van der Waals surface area contributed by atoms with E-state index in [1.54, 1.807) is 7.11 Å². The van der Waals surface area contributed by atoms with Crippen molar-refractivity contribution >= 4 is 0 Å². The molecule has 100 valence electrons. The van der Waals surface area contributed by atoms with Gasteiger partial charge in [0.1, 0.15) is 24.7 Å². The first-order valence-corrected chi connectivity index (χ1v) is 6.40. The Morgan fingerprint density at radius 3 is 3.06 bits per heavy atom. The molecule has 18 heavy (non-hydrogen) atoms. The van der Waals surface area contributed by atoms with Crippen LogP contribution in [0.1, 0.15) is 25.5 Å².